The minimum Gasteiger partial charge on any atom is -0.497 e. The number of carbonyl (C=O) groups excluding carboxylic acids is 1. The highest BCUT2D eigenvalue weighted by Crippen LogP contribution is 2.10. The monoisotopic (exact) mass is 506 g/mol. The van der Waals surface area contributed by atoms with Gasteiger partial charge in [-0.3, -0.25) is 9.79 Å². The molecule has 28 heavy (non-hydrogen) atoms. The van der Waals surface area contributed by atoms with E-state index in [0.29, 0.717) is 31.1 Å². The van der Waals surface area contributed by atoms with E-state index in [-0.39, 0.29) is 29.9 Å². The molecule has 8 heteroatoms. The van der Waals surface area contributed by atoms with Crippen molar-refractivity contribution in [1.29, 1.82) is 0 Å². The molecule has 0 radical (unpaired) electrons. The summed E-state index contributed by atoms with van der Waals surface area (Å²) in [5.41, 5.74) is 0.609. The third-order valence-electron chi connectivity index (χ3n) is 3.57. The maximum atomic E-state index is 12.1. The number of guanidine groups is 1. The first-order chi connectivity index (χ1) is 13.1. The molecule has 0 atom stereocenters. The van der Waals surface area contributed by atoms with Gasteiger partial charge in [0.25, 0.3) is 5.91 Å². The van der Waals surface area contributed by atoms with Crippen LogP contribution in [0.5, 0.6) is 5.75 Å². The summed E-state index contributed by atoms with van der Waals surface area (Å²) in [7, 11) is 1.60. The summed E-state index contributed by atoms with van der Waals surface area (Å²) >= 11 is 0. The van der Waals surface area contributed by atoms with Gasteiger partial charge in [0.15, 0.2) is 5.96 Å². The Hall–Kier alpha value is -1.55. The fourth-order valence-corrected chi connectivity index (χ4v) is 2.22. The molecule has 0 saturated carbocycles. The van der Waals surface area contributed by atoms with E-state index in [1.165, 1.54) is 0 Å². The summed E-state index contributed by atoms with van der Waals surface area (Å²) in [6, 6.07) is 7.03. The van der Waals surface area contributed by atoms with E-state index in [1.54, 1.807) is 31.4 Å². The van der Waals surface area contributed by atoms with Crippen LogP contribution in [0.4, 0.5) is 0 Å². The molecule has 0 bridgehead atoms. The third kappa shape index (κ3) is 12.0. The molecule has 0 fully saturated rings. The van der Waals surface area contributed by atoms with Gasteiger partial charge in [-0.15, -0.1) is 24.0 Å². The highest BCUT2D eigenvalue weighted by molar-refractivity contribution is 14.0. The Morgan fingerprint density at radius 1 is 1.11 bits per heavy atom. The lowest BCUT2D eigenvalue weighted by Crippen LogP contribution is -2.41. The number of carbonyl (C=O) groups is 1. The molecule has 0 aromatic heterocycles. The lowest BCUT2D eigenvalue weighted by atomic mass is 10.2. The number of benzene rings is 1. The normalized spacial score (nSPS) is 11.0. The third-order valence-corrected chi connectivity index (χ3v) is 3.57. The molecule has 1 amide bonds. The maximum Gasteiger partial charge on any atom is 0.251 e. The second-order valence-electron chi connectivity index (χ2n) is 6.49. The van der Waals surface area contributed by atoms with E-state index < -0.39 is 0 Å². The van der Waals surface area contributed by atoms with Gasteiger partial charge in [-0.25, -0.2) is 0 Å². The van der Waals surface area contributed by atoms with Gasteiger partial charge in [0.1, 0.15) is 5.75 Å². The minimum absolute atomic E-state index is 0. The zero-order valence-corrected chi connectivity index (χ0v) is 19.7. The predicted octanol–water partition coefficient (Wildman–Crippen LogP) is 2.66. The molecule has 1 rings (SSSR count). The van der Waals surface area contributed by atoms with Gasteiger partial charge in [-0.2, -0.15) is 0 Å². The average molecular weight is 506 g/mol. The first-order valence-corrected chi connectivity index (χ1v) is 9.59. The molecule has 1 aromatic rings. The van der Waals surface area contributed by atoms with E-state index in [4.69, 9.17) is 9.47 Å². The summed E-state index contributed by atoms with van der Waals surface area (Å²) in [5, 5.41) is 9.30. The van der Waals surface area contributed by atoms with Crippen LogP contribution in [0.1, 0.15) is 37.6 Å². The van der Waals surface area contributed by atoms with Crippen LogP contribution in [0.25, 0.3) is 0 Å². The first kappa shape index (κ1) is 26.4. The van der Waals surface area contributed by atoms with Crippen LogP contribution >= 0.6 is 24.0 Å². The summed E-state index contributed by atoms with van der Waals surface area (Å²) < 4.78 is 10.6. The number of rotatable bonds is 12. The van der Waals surface area contributed by atoms with Gasteiger partial charge in [0.2, 0.25) is 0 Å². The highest BCUT2D eigenvalue weighted by atomic mass is 127. The predicted molar refractivity (Wildman–Crippen MR) is 125 cm³/mol. The van der Waals surface area contributed by atoms with Gasteiger partial charge < -0.3 is 25.4 Å². The number of aliphatic imine (C=N–C) groups is 1. The van der Waals surface area contributed by atoms with E-state index in [2.05, 4.69) is 34.8 Å². The van der Waals surface area contributed by atoms with Crippen LogP contribution in [0.2, 0.25) is 0 Å². The van der Waals surface area contributed by atoms with Crippen molar-refractivity contribution in [3.05, 3.63) is 29.8 Å². The number of nitrogens with zero attached hydrogens (tertiary/aromatic N) is 1. The van der Waals surface area contributed by atoms with Crippen molar-refractivity contribution in [2.45, 2.75) is 27.2 Å². The number of amides is 1. The molecule has 0 aliphatic rings. The summed E-state index contributed by atoms with van der Waals surface area (Å²) in [5.74, 6) is 1.93. The fraction of sp³-hybridized carbons (Fsp3) is 0.600. The molecule has 0 saturated heterocycles. The van der Waals surface area contributed by atoms with E-state index in [9.17, 15) is 4.79 Å². The van der Waals surface area contributed by atoms with E-state index in [0.717, 1.165) is 37.9 Å². The van der Waals surface area contributed by atoms with Crippen molar-refractivity contribution in [2.24, 2.45) is 10.9 Å². The number of hydrogen-bond acceptors (Lipinski definition) is 4. The van der Waals surface area contributed by atoms with Crippen LogP contribution in [-0.2, 0) is 4.74 Å². The molecule has 7 nitrogen and oxygen atoms in total. The molecule has 0 aliphatic heterocycles. The summed E-state index contributed by atoms with van der Waals surface area (Å²) in [4.78, 5) is 16.6. The van der Waals surface area contributed by atoms with E-state index in [1.807, 2.05) is 6.92 Å². The molecule has 0 unspecified atom stereocenters. The lowest BCUT2D eigenvalue weighted by Gasteiger charge is -2.12. The molecule has 3 N–H and O–H groups in total. The molecule has 1 aromatic carbocycles. The molecule has 0 heterocycles. The lowest BCUT2D eigenvalue weighted by molar-refractivity contribution is 0.0954. The summed E-state index contributed by atoms with van der Waals surface area (Å²) in [6.45, 7) is 10.4. The zero-order chi connectivity index (χ0) is 19.9. The largest absolute Gasteiger partial charge is 0.497 e. The van der Waals surface area contributed by atoms with Crippen molar-refractivity contribution in [3.63, 3.8) is 0 Å². The fourth-order valence-electron chi connectivity index (χ4n) is 2.22. The van der Waals surface area contributed by atoms with Crippen molar-refractivity contribution in [1.82, 2.24) is 16.0 Å². The number of halogens is 1. The van der Waals surface area contributed by atoms with Gasteiger partial charge in [0, 0.05) is 45.0 Å². The number of ether oxygens (including phenoxy) is 2. The first-order valence-electron chi connectivity index (χ1n) is 9.59. The SMILES string of the molecule is CCNC(=NCCCOCC(C)C)NCCNC(=O)c1ccc(OC)cc1.I. The zero-order valence-electron chi connectivity index (χ0n) is 17.4. The highest BCUT2D eigenvalue weighted by Gasteiger charge is 2.05. The van der Waals surface area contributed by atoms with Crippen LogP contribution < -0.4 is 20.7 Å². The van der Waals surface area contributed by atoms with Gasteiger partial charge >= 0.3 is 0 Å². The maximum absolute atomic E-state index is 12.1. The van der Waals surface area contributed by atoms with Gasteiger partial charge in [-0.1, -0.05) is 13.8 Å². The van der Waals surface area contributed by atoms with Crippen molar-refractivity contribution >= 4 is 35.8 Å². The number of hydrogen-bond donors (Lipinski definition) is 3. The molecular formula is C20H35IN4O3. The summed E-state index contributed by atoms with van der Waals surface area (Å²) in [6.07, 6.45) is 0.886. The quantitative estimate of drug-likeness (QED) is 0.176. The number of methoxy groups -OCH3 is 1. The average Bonchev–Trinajstić information content (AvgIpc) is 2.67. The molecule has 0 aliphatic carbocycles. The van der Waals surface area contributed by atoms with Crippen LogP contribution in [0.15, 0.2) is 29.3 Å². The van der Waals surface area contributed by atoms with Crippen LogP contribution in [-0.4, -0.2) is 58.4 Å². The Kier molecular flexibility index (Phi) is 15.5. The Balaban J connectivity index is 0.00000729. The van der Waals surface area contributed by atoms with Crippen LogP contribution in [0, 0.1) is 5.92 Å². The smallest absolute Gasteiger partial charge is 0.251 e. The Morgan fingerprint density at radius 2 is 1.79 bits per heavy atom. The van der Waals surface area contributed by atoms with Crippen molar-refractivity contribution in [3.8, 4) is 5.75 Å². The molecule has 0 spiro atoms. The topological polar surface area (TPSA) is 84.0 Å². The Morgan fingerprint density at radius 3 is 2.39 bits per heavy atom. The van der Waals surface area contributed by atoms with E-state index >= 15 is 0 Å². The van der Waals surface area contributed by atoms with Crippen molar-refractivity contribution in [2.75, 3.05) is 46.5 Å². The standard InChI is InChI=1S/C20H34N4O3.HI/c1-5-21-20(23-11-6-14-27-15-16(2)3)24-13-12-22-19(25)17-7-9-18(26-4)10-8-17;/h7-10,16H,5-6,11-15H2,1-4H3,(H,22,25)(H2,21,23,24);1H. The second-order valence-corrected chi connectivity index (χ2v) is 6.49. The minimum atomic E-state index is -0.108. The number of nitrogens with one attached hydrogen (secondary N) is 3. The molecule has 160 valence electrons. The Bertz CT molecular complexity index is 565. The second kappa shape index (κ2) is 16.4. The van der Waals surface area contributed by atoms with Gasteiger partial charge in [-0.05, 0) is 43.5 Å². The Labute approximate surface area is 186 Å². The van der Waals surface area contributed by atoms with Gasteiger partial charge in [0.05, 0.1) is 7.11 Å². The van der Waals surface area contributed by atoms with Crippen LogP contribution in [0.3, 0.4) is 0 Å². The molecular weight excluding hydrogens is 471 g/mol. The van der Waals surface area contributed by atoms with Crippen molar-refractivity contribution < 1.29 is 14.3 Å².